The summed E-state index contributed by atoms with van der Waals surface area (Å²) in [5, 5.41) is 15.5. The zero-order valence-corrected chi connectivity index (χ0v) is 14.2. The molecule has 0 spiro atoms. The molecule has 5 heteroatoms. The van der Waals surface area contributed by atoms with E-state index >= 15 is 0 Å². The van der Waals surface area contributed by atoms with Crippen LogP contribution >= 0.6 is 11.3 Å². The van der Waals surface area contributed by atoms with E-state index in [9.17, 15) is 9.90 Å². The van der Waals surface area contributed by atoms with Crippen molar-refractivity contribution >= 4 is 22.9 Å². The van der Waals surface area contributed by atoms with E-state index in [0.29, 0.717) is 11.6 Å². The van der Waals surface area contributed by atoms with Crippen LogP contribution in [-0.2, 0) is 11.2 Å². The molecule has 2 aromatic rings. The third-order valence-electron chi connectivity index (χ3n) is 4.40. The quantitative estimate of drug-likeness (QED) is 0.874. The van der Waals surface area contributed by atoms with Gasteiger partial charge in [0.1, 0.15) is 10.8 Å². The van der Waals surface area contributed by atoms with Crippen molar-refractivity contribution in [3.8, 4) is 5.75 Å². The topological polar surface area (TPSA) is 62.2 Å². The average Bonchev–Trinajstić information content (AvgIpc) is 3.00. The second-order valence-corrected chi connectivity index (χ2v) is 7.17. The number of carbonyl (C=O) groups excluding carboxylic acids is 1. The van der Waals surface area contributed by atoms with Crippen molar-refractivity contribution in [1.82, 2.24) is 4.98 Å². The smallest absolute Gasteiger partial charge is 0.231 e. The molecule has 1 saturated carbocycles. The molecule has 0 saturated heterocycles. The number of nitrogens with zero attached hydrogens (tertiary/aromatic N) is 1. The van der Waals surface area contributed by atoms with E-state index in [1.165, 1.54) is 32.1 Å². The fourth-order valence-corrected chi connectivity index (χ4v) is 3.90. The van der Waals surface area contributed by atoms with Gasteiger partial charge < -0.3 is 10.4 Å². The Morgan fingerprint density at radius 2 is 2.13 bits per heavy atom. The number of aryl methyl sites for hydroxylation is 1. The number of amides is 1. The first-order valence-electron chi connectivity index (χ1n) is 8.15. The first-order valence-corrected chi connectivity index (χ1v) is 9.03. The molecule has 1 aromatic heterocycles. The van der Waals surface area contributed by atoms with Crippen molar-refractivity contribution < 1.29 is 9.90 Å². The van der Waals surface area contributed by atoms with E-state index < -0.39 is 0 Å². The lowest BCUT2D eigenvalue weighted by Gasteiger charge is -2.19. The zero-order valence-electron chi connectivity index (χ0n) is 13.3. The first kappa shape index (κ1) is 16.0. The lowest BCUT2D eigenvalue weighted by Crippen LogP contribution is -2.14. The minimum atomic E-state index is -0.0993. The summed E-state index contributed by atoms with van der Waals surface area (Å²) in [5.74, 6) is 0.667. The number of aromatic nitrogens is 1. The number of hydrogen-bond donors (Lipinski definition) is 2. The molecule has 3 rings (SSSR count). The number of hydrogen-bond acceptors (Lipinski definition) is 4. The average molecular weight is 330 g/mol. The Morgan fingerprint density at radius 1 is 1.35 bits per heavy atom. The van der Waals surface area contributed by atoms with Gasteiger partial charge in [-0.25, -0.2) is 4.98 Å². The van der Waals surface area contributed by atoms with E-state index in [1.807, 2.05) is 6.92 Å². The second-order valence-electron chi connectivity index (χ2n) is 6.23. The molecule has 1 heterocycles. The molecule has 0 radical (unpaired) electrons. The fourth-order valence-electron chi connectivity index (χ4n) is 3.02. The number of phenolic OH excluding ortho intramolecular Hbond substituents is 1. The number of carbonyl (C=O) groups is 1. The summed E-state index contributed by atoms with van der Waals surface area (Å²) < 4.78 is 0. The fraction of sp³-hybridized carbons (Fsp3) is 0.444. The molecular weight excluding hydrogens is 308 g/mol. The number of anilines is 1. The third kappa shape index (κ3) is 4.10. The number of nitrogens with one attached hydrogen (secondary N) is 1. The number of rotatable bonds is 4. The molecule has 0 aliphatic heterocycles. The normalized spacial score (nSPS) is 15.5. The van der Waals surface area contributed by atoms with E-state index in [-0.39, 0.29) is 18.1 Å². The number of aromatic hydroxyl groups is 1. The van der Waals surface area contributed by atoms with Crippen molar-refractivity contribution in [2.75, 3.05) is 5.32 Å². The van der Waals surface area contributed by atoms with Crippen LogP contribution in [0.15, 0.2) is 23.6 Å². The standard InChI is InChI=1S/C18H22N2O2S/c1-12-7-8-14(9-16(12)21)19-17(22)10-18-20-15(11-23-18)13-5-3-2-4-6-13/h7-9,11,13,21H,2-6,10H2,1H3,(H,19,22). The Labute approximate surface area is 140 Å². The van der Waals surface area contributed by atoms with Gasteiger partial charge in [-0.3, -0.25) is 4.79 Å². The molecule has 4 nitrogen and oxygen atoms in total. The number of thiazole rings is 1. The van der Waals surface area contributed by atoms with Crippen LogP contribution in [0, 0.1) is 6.92 Å². The predicted molar refractivity (Wildman–Crippen MR) is 93.1 cm³/mol. The van der Waals surface area contributed by atoms with Gasteiger partial charge in [0, 0.05) is 23.1 Å². The molecule has 23 heavy (non-hydrogen) atoms. The van der Waals surface area contributed by atoms with Crippen molar-refractivity contribution in [2.45, 2.75) is 51.4 Å². The maximum atomic E-state index is 12.1. The summed E-state index contributed by atoms with van der Waals surface area (Å²) in [6.45, 7) is 1.82. The Bertz CT molecular complexity index is 690. The highest BCUT2D eigenvalue weighted by Crippen LogP contribution is 2.33. The van der Waals surface area contributed by atoms with E-state index in [1.54, 1.807) is 29.5 Å². The van der Waals surface area contributed by atoms with Gasteiger partial charge in [0.15, 0.2) is 0 Å². The maximum absolute atomic E-state index is 12.1. The van der Waals surface area contributed by atoms with Crippen LogP contribution in [0.1, 0.15) is 54.3 Å². The molecule has 0 atom stereocenters. The van der Waals surface area contributed by atoms with Crippen molar-refractivity contribution in [3.05, 3.63) is 39.8 Å². The molecule has 1 aromatic carbocycles. The summed E-state index contributed by atoms with van der Waals surface area (Å²) in [6.07, 6.45) is 6.63. The first-order chi connectivity index (χ1) is 11.1. The van der Waals surface area contributed by atoms with Gasteiger partial charge >= 0.3 is 0 Å². The van der Waals surface area contributed by atoms with Crippen molar-refractivity contribution in [2.24, 2.45) is 0 Å². The molecule has 1 aliphatic rings. The maximum Gasteiger partial charge on any atom is 0.231 e. The highest BCUT2D eigenvalue weighted by atomic mass is 32.1. The molecule has 1 amide bonds. The minimum absolute atomic E-state index is 0.0993. The van der Waals surface area contributed by atoms with E-state index in [2.05, 4.69) is 15.7 Å². The monoisotopic (exact) mass is 330 g/mol. The molecular formula is C18H22N2O2S. The van der Waals surface area contributed by atoms with Gasteiger partial charge in [0.2, 0.25) is 5.91 Å². The van der Waals surface area contributed by atoms with Gasteiger partial charge in [-0.05, 0) is 31.4 Å². The summed E-state index contributed by atoms with van der Waals surface area (Å²) in [7, 11) is 0. The van der Waals surface area contributed by atoms with Crippen LogP contribution in [0.3, 0.4) is 0 Å². The van der Waals surface area contributed by atoms with Crippen LogP contribution in [0.25, 0.3) is 0 Å². The lowest BCUT2D eigenvalue weighted by atomic mass is 9.87. The molecule has 0 unspecified atom stereocenters. The number of benzene rings is 1. The Hall–Kier alpha value is -1.88. The lowest BCUT2D eigenvalue weighted by molar-refractivity contribution is -0.115. The van der Waals surface area contributed by atoms with Crippen molar-refractivity contribution in [1.29, 1.82) is 0 Å². The van der Waals surface area contributed by atoms with Gasteiger partial charge in [0.05, 0.1) is 12.1 Å². The largest absolute Gasteiger partial charge is 0.508 e. The SMILES string of the molecule is Cc1ccc(NC(=O)Cc2nc(C3CCCCC3)cs2)cc1O. The molecule has 0 bridgehead atoms. The minimum Gasteiger partial charge on any atom is -0.508 e. The molecule has 1 fully saturated rings. The summed E-state index contributed by atoms with van der Waals surface area (Å²) in [5.41, 5.74) is 2.56. The van der Waals surface area contributed by atoms with Crippen LogP contribution in [0.2, 0.25) is 0 Å². The summed E-state index contributed by atoms with van der Waals surface area (Å²) in [6, 6.07) is 5.15. The van der Waals surface area contributed by atoms with E-state index in [0.717, 1.165) is 16.3 Å². The Morgan fingerprint density at radius 3 is 2.87 bits per heavy atom. The van der Waals surface area contributed by atoms with Gasteiger partial charge in [0.25, 0.3) is 0 Å². The third-order valence-corrected chi connectivity index (χ3v) is 5.26. The second kappa shape index (κ2) is 7.13. The molecule has 2 N–H and O–H groups in total. The number of phenols is 1. The van der Waals surface area contributed by atoms with Gasteiger partial charge in [-0.1, -0.05) is 25.3 Å². The Balaban J connectivity index is 1.59. The van der Waals surface area contributed by atoms with Crippen LogP contribution in [-0.4, -0.2) is 16.0 Å². The van der Waals surface area contributed by atoms with Crippen LogP contribution < -0.4 is 5.32 Å². The van der Waals surface area contributed by atoms with Crippen LogP contribution in [0.4, 0.5) is 5.69 Å². The van der Waals surface area contributed by atoms with Gasteiger partial charge in [-0.2, -0.15) is 0 Å². The highest BCUT2D eigenvalue weighted by Gasteiger charge is 2.19. The predicted octanol–water partition coefficient (Wildman–Crippen LogP) is 4.39. The molecule has 1 aliphatic carbocycles. The zero-order chi connectivity index (χ0) is 16.2. The highest BCUT2D eigenvalue weighted by molar-refractivity contribution is 7.09. The van der Waals surface area contributed by atoms with Crippen LogP contribution in [0.5, 0.6) is 5.75 Å². The van der Waals surface area contributed by atoms with E-state index in [4.69, 9.17) is 0 Å². The van der Waals surface area contributed by atoms with Gasteiger partial charge in [-0.15, -0.1) is 11.3 Å². The summed E-state index contributed by atoms with van der Waals surface area (Å²) >= 11 is 1.57. The molecule has 122 valence electrons. The summed E-state index contributed by atoms with van der Waals surface area (Å²) in [4.78, 5) is 16.8. The Kier molecular flexibility index (Phi) is 4.96. The van der Waals surface area contributed by atoms with Crippen molar-refractivity contribution in [3.63, 3.8) is 0 Å².